The molecule has 0 aromatic carbocycles. The molecule has 0 bridgehead atoms. The van der Waals surface area contributed by atoms with Crippen LogP contribution in [0.1, 0.15) is 52.0 Å². The number of aromatic nitrogens is 1. The zero-order chi connectivity index (χ0) is 21.2. The summed E-state index contributed by atoms with van der Waals surface area (Å²) in [6.45, 7) is 14.8. The maximum absolute atomic E-state index is 5.49. The molecular weight excluding hydrogens is 503 g/mol. The fourth-order valence-corrected chi connectivity index (χ4v) is 4.09. The minimum Gasteiger partial charge on any atom is -0.379 e. The summed E-state index contributed by atoms with van der Waals surface area (Å²) in [5.41, 5.74) is 1.19. The van der Waals surface area contributed by atoms with Crippen LogP contribution in [0.25, 0.3) is 0 Å². The van der Waals surface area contributed by atoms with Crippen molar-refractivity contribution >= 4 is 35.8 Å². The smallest absolute Gasteiger partial charge is 0.191 e. The quantitative estimate of drug-likeness (QED) is 0.312. The third kappa shape index (κ3) is 8.38. The van der Waals surface area contributed by atoms with Gasteiger partial charge in [-0.2, -0.15) is 0 Å². The number of hydrogen-bond donors (Lipinski definition) is 2. The van der Waals surface area contributed by atoms with Gasteiger partial charge < -0.3 is 20.3 Å². The first-order valence-corrected chi connectivity index (χ1v) is 11.6. The van der Waals surface area contributed by atoms with Crippen molar-refractivity contribution in [2.75, 3.05) is 57.4 Å². The molecule has 2 aliphatic heterocycles. The van der Waals surface area contributed by atoms with Crippen LogP contribution in [0.5, 0.6) is 0 Å². The molecule has 176 valence electrons. The monoisotopic (exact) mass is 544 g/mol. The van der Waals surface area contributed by atoms with Gasteiger partial charge in [-0.05, 0) is 45.2 Å². The highest BCUT2D eigenvalue weighted by Gasteiger charge is 2.28. The van der Waals surface area contributed by atoms with Gasteiger partial charge >= 0.3 is 0 Å². The first kappa shape index (κ1) is 26.1. The van der Waals surface area contributed by atoms with E-state index in [0.717, 1.165) is 69.8 Å². The molecule has 0 spiro atoms. The first-order chi connectivity index (χ1) is 14.6. The predicted molar refractivity (Wildman–Crippen MR) is 140 cm³/mol. The van der Waals surface area contributed by atoms with Gasteiger partial charge in [0.05, 0.1) is 19.8 Å². The number of nitrogens with one attached hydrogen (secondary N) is 2. The van der Waals surface area contributed by atoms with Gasteiger partial charge in [0.25, 0.3) is 0 Å². The molecule has 1 aromatic heterocycles. The number of guanidine groups is 1. The van der Waals surface area contributed by atoms with Crippen LogP contribution in [0.2, 0.25) is 0 Å². The number of pyridine rings is 1. The molecule has 0 amide bonds. The Morgan fingerprint density at radius 2 is 1.77 bits per heavy atom. The minimum absolute atomic E-state index is 0. The van der Waals surface area contributed by atoms with Crippen LogP contribution in [0.4, 0.5) is 5.82 Å². The lowest BCUT2D eigenvalue weighted by molar-refractivity contribution is -0.00834. The molecule has 8 heteroatoms. The van der Waals surface area contributed by atoms with E-state index in [4.69, 9.17) is 14.7 Å². The summed E-state index contributed by atoms with van der Waals surface area (Å²) in [5, 5.41) is 6.89. The van der Waals surface area contributed by atoms with E-state index in [9.17, 15) is 0 Å². The predicted octanol–water partition coefficient (Wildman–Crippen LogP) is 3.25. The van der Waals surface area contributed by atoms with Crippen LogP contribution >= 0.6 is 24.0 Å². The summed E-state index contributed by atoms with van der Waals surface area (Å²) in [4.78, 5) is 14.4. The van der Waals surface area contributed by atoms with Crippen molar-refractivity contribution < 1.29 is 4.74 Å². The topological polar surface area (TPSA) is 65.0 Å². The van der Waals surface area contributed by atoms with Crippen LogP contribution in [0.3, 0.4) is 0 Å². The van der Waals surface area contributed by atoms with E-state index in [1.807, 2.05) is 6.20 Å². The molecule has 0 atom stereocenters. The Balaban J connectivity index is 0.00000341. The molecule has 3 heterocycles. The maximum Gasteiger partial charge on any atom is 0.191 e. The van der Waals surface area contributed by atoms with Crippen molar-refractivity contribution in [3.63, 3.8) is 0 Å². The molecule has 1 aromatic rings. The second-order valence-corrected chi connectivity index (χ2v) is 8.89. The van der Waals surface area contributed by atoms with E-state index in [0.29, 0.717) is 6.54 Å². The standard InChI is InChI=1S/C23H40N6O.HI/c1-4-24-22(27-19-23(2,3)29-13-15-30-16-14-29)26-18-20-9-10-21(25-17-20)28-11-7-5-6-8-12-28;/h9-10,17H,4-8,11-16,18-19H2,1-3H3,(H2,24,26,27);1H. The molecule has 7 nitrogen and oxygen atoms in total. The zero-order valence-electron chi connectivity index (χ0n) is 19.5. The van der Waals surface area contributed by atoms with Crippen molar-refractivity contribution in [1.82, 2.24) is 20.5 Å². The molecule has 31 heavy (non-hydrogen) atoms. The first-order valence-electron chi connectivity index (χ1n) is 11.6. The number of halogens is 1. The van der Waals surface area contributed by atoms with Gasteiger partial charge in [-0.25, -0.2) is 9.98 Å². The van der Waals surface area contributed by atoms with E-state index in [-0.39, 0.29) is 29.5 Å². The Morgan fingerprint density at radius 1 is 1.06 bits per heavy atom. The number of ether oxygens (including phenoxy) is 1. The van der Waals surface area contributed by atoms with Gasteiger partial charge in [0.2, 0.25) is 0 Å². The summed E-state index contributed by atoms with van der Waals surface area (Å²) in [7, 11) is 0. The molecule has 2 saturated heterocycles. The molecule has 3 rings (SSSR count). The lowest BCUT2D eigenvalue weighted by Gasteiger charge is -2.41. The molecule has 0 aliphatic carbocycles. The van der Waals surface area contributed by atoms with E-state index >= 15 is 0 Å². The van der Waals surface area contributed by atoms with Crippen molar-refractivity contribution in [3.05, 3.63) is 23.9 Å². The van der Waals surface area contributed by atoms with Gasteiger partial charge in [-0.15, -0.1) is 24.0 Å². The van der Waals surface area contributed by atoms with Gasteiger partial charge in [-0.3, -0.25) is 4.90 Å². The lowest BCUT2D eigenvalue weighted by Crippen LogP contribution is -2.56. The van der Waals surface area contributed by atoms with E-state index in [1.165, 1.54) is 25.7 Å². The van der Waals surface area contributed by atoms with Gasteiger partial charge in [0.1, 0.15) is 5.82 Å². The van der Waals surface area contributed by atoms with Crippen LogP contribution in [0.15, 0.2) is 23.3 Å². The number of aliphatic imine (C=N–C) groups is 1. The molecule has 2 aliphatic rings. The van der Waals surface area contributed by atoms with Crippen LogP contribution < -0.4 is 15.5 Å². The summed E-state index contributed by atoms with van der Waals surface area (Å²) in [6, 6.07) is 4.32. The summed E-state index contributed by atoms with van der Waals surface area (Å²) >= 11 is 0. The summed E-state index contributed by atoms with van der Waals surface area (Å²) in [6.07, 6.45) is 7.20. The number of anilines is 1. The molecule has 0 radical (unpaired) electrons. The number of morpholine rings is 1. The maximum atomic E-state index is 5.49. The Kier molecular flexibility index (Phi) is 11.3. The Labute approximate surface area is 205 Å². The average molecular weight is 545 g/mol. The molecule has 0 unspecified atom stereocenters. The third-order valence-corrected chi connectivity index (χ3v) is 6.06. The van der Waals surface area contributed by atoms with Crippen LogP contribution in [0, 0.1) is 0 Å². The fourth-order valence-electron chi connectivity index (χ4n) is 4.09. The number of rotatable bonds is 7. The van der Waals surface area contributed by atoms with Gasteiger partial charge in [-0.1, -0.05) is 18.9 Å². The lowest BCUT2D eigenvalue weighted by atomic mass is 10.0. The molecule has 2 N–H and O–H groups in total. The van der Waals surface area contributed by atoms with Crippen molar-refractivity contribution in [2.45, 2.75) is 58.5 Å². The van der Waals surface area contributed by atoms with Crippen molar-refractivity contribution in [2.24, 2.45) is 4.99 Å². The van der Waals surface area contributed by atoms with Crippen molar-refractivity contribution in [3.8, 4) is 0 Å². The number of nitrogens with zero attached hydrogens (tertiary/aromatic N) is 4. The van der Waals surface area contributed by atoms with E-state index < -0.39 is 0 Å². The zero-order valence-corrected chi connectivity index (χ0v) is 21.9. The number of hydrogen-bond acceptors (Lipinski definition) is 5. The average Bonchev–Trinajstić information content (AvgIpc) is 3.06. The normalized spacial score (nSPS) is 18.8. The molecule has 0 saturated carbocycles. The highest BCUT2D eigenvalue weighted by molar-refractivity contribution is 14.0. The third-order valence-electron chi connectivity index (χ3n) is 6.06. The summed E-state index contributed by atoms with van der Waals surface area (Å²) < 4.78 is 5.49. The molecular formula is C23H41IN6O. The Hall–Kier alpha value is -1.13. The highest BCUT2D eigenvalue weighted by atomic mass is 127. The second-order valence-electron chi connectivity index (χ2n) is 8.89. The molecule has 2 fully saturated rings. The highest BCUT2D eigenvalue weighted by Crippen LogP contribution is 2.18. The largest absolute Gasteiger partial charge is 0.379 e. The fraction of sp³-hybridized carbons (Fsp3) is 0.739. The summed E-state index contributed by atoms with van der Waals surface area (Å²) in [5.74, 6) is 1.96. The Morgan fingerprint density at radius 3 is 2.39 bits per heavy atom. The Bertz CT molecular complexity index is 653. The minimum atomic E-state index is 0. The van der Waals surface area contributed by atoms with Crippen LogP contribution in [-0.2, 0) is 11.3 Å². The van der Waals surface area contributed by atoms with Crippen LogP contribution in [-0.4, -0.2) is 73.9 Å². The van der Waals surface area contributed by atoms with E-state index in [2.05, 4.69) is 53.3 Å². The van der Waals surface area contributed by atoms with Crippen molar-refractivity contribution in [1.29, 1.82) is 0 Å². The van der Waals surface area contributed by atoms with E-state index in [1.54, 1.807) is 0 Å². The second kappa shape index (κ2) is 13.4. The SMILES string of the molecule is CCNC(=NCc1ccc(N2CCCCCC2)nc1)NCC(C)(C)N1CCOCC1.I. The van der Waals surface area contributed by atoms with Gasteiger partial charge in [0.15, 0.2) is 5.96 Å². The van der Waals surface area contributed by atoms with Gasteiger partial charge in [0, 0.05) is 51.0 Å².